The average Bonchev–Trinajstić information content (AvgIpc) is 2.50. The molecule has 0 aliphatic heterocycles. The molecule has 1 aliphatic rings. The Bertz CT molecular complexity index is 358. The van der Waals surface area contributed by atoms with Crippen LogP contribution >= 0.6 is 0 Å². The normalized spacial score (nSPS) is 27.9. The quantitative estimate of drug-likeness (QED) is 0.714. The first-order valence-corrected chi connectivity index (χ1v) is 5.17. The first kappa shape index (κ1) is 9.52. The molecule has 1 aromatic heterocycles. The predicted molar refractivity (Wildman–Crippen MR) is 55.2 cm³/mol. The van der Waals surface area contributed by atoms with Gasteiger partial charge in [-0.25, -0.2) is 4.79 Å². The van der Waals surface area contributed by atoms with Crippen LogP contribution in [0.15, 0.2) is 17.2 Å². The van der Waals surface area contributed by atoms with Crippen LogP contribution in [-0.4, -0.2) is 15.2 Å². The van der Waals surface area contributed by atoms with Crippen molar-refractivity contribution in [1.82, 2.24) is 9.13 Å². The average molecular weight is 195 g/mol. The highest BCUT2D eigenvalue weighted by Crippen LogP contribution is 2.26. The standard InChI is InChI=1S/C10H17N3O/c1-12-6-7-13(10(12)14)9-4-2-8(11)3-5-9/h6-9H,2-5,11H2,1H3. The van der Waals surface area contributed by atoms with E-state index in [1.165, 1.54) is 0 Å². The summed E-state index contributed by atoms with van der Waals surface area (Å²) in [7, 11) is 1.79. The van der Waals surface area contributed by atoms with Gasteiger partial charge in [0.2, 0.25) is 0 Å². The molecule has 1 heterocycles. The molecule has 0 radical (unpaired) electrons. The number of aromatic nitrogens is 2. The lowest BCUT2D eigenvalue weighted by atomic mass is 9.92. The van der Waals surface area contributed by atoms with Crippen molar-refractivity contribution in [3.63, 3.8) is 0 Å². The van der Waals surface area contributed by atoms with Crippen molar-refractivity contribution in [3.8, 4) is 0 Å². The van der Waals surface area contributed by atoms with Gasteiger partial charge in [0.05, 0.1) is 0 Å². The van der Waals surface area contributed by atoms with Crippen molar-refractivity contribution in [2.75, 3.05) is 0 Å². The number of rotatable bonds is 1. The molecule has 0 bridgehead atoms. The van der Waals surface area contributed by atoms with Crippen molar-refractivity contribution in [2.45, 2.75) is 37.8 Å². The molecule has 0 atom stereocenters. The van der Waals surface area contributed by atoms with Crippen LogP contribution in [0.4, 0.5) is 0 Å². The molecular weight excluding hydrogens is 178 g/mol. The third-order valence-electron chi connectivity index (χ3n) is 3.11. The zero-order valence-corrected chi connectivity index (χ0v) is 8.52. The summed E-state index contributed by atoms with van der Waals surface area (Å²) in [6, 6.07) is 0.703. The van der Waals surface area contributed by atoms with Crippen LogP contribution in [-0.2, 0) is 7.05 Å². The van der Waals surface area contributed by atoms with Gasteiger partial charge in [-0.05, 0) is 25.7 Å². The Morgan fingerprint density at radius 3 is 2.43 bits per heavy atom. The molecule has 0 saturated heterocycles. The monoisotopic (exact) mass is 195 g/mol. The molecule has 78 valence electrons. The molecule has 0 unspecified atom stereocenters. The first-order valence-electron chi connectivity index (χ1n) is 5.17. The van der Waals surface area contributed by atoms with E-state index in [1.54, 1.807) is 11.6 Å². The summed E-state index contributed by atoms with van der Waals surface area (Å²) in [5.41, 5.74) is 5.91. The summed E-state index contributed by atoms with van der Waals surface area (Å²) < 4.78 is 3.46. The summed E-state index contributed by atoms with van der Waals surface area (Å²) >= 11 is 0. The van der Waals surface area contributed by atoms with Gasteiger partial charge in [0, 0.05) is 31.5 Å². The van der Waals surface area contributed by atoms with Gasteiger partial charge in [-0.2, -0.15) is 0 Å². The number of hydrogen-bond donors (Lipinski definition) is 1. The predicted octanol–water partition coefficient (Wildman–Crippen LogP) is 0.629. The number of nitrogens with two attached hydrogens (primary N) is 1. The number of hydrogen-bond acceptors (Lipinski definition) is 2. The van der Waals surface area contributed by atoms with Crippen LogP contribution in [0.1, 0.15) is 31.7 Å². The van der Waals surface area contributed by atoms with E-state index in [1.807, 2.05) is 17.0 Å². The molecule has 4 heteroatoms. The van der Waals surface area contributed by atoms with Crippen molar-refractivity contribution in [2.24, 2.45) is 12.8 Å². The summed E-state index contributed by atoms with van der Waals surface area (Å²) in [5, 5.41) is 0. The van der Waals surface area contributed by atoms with Gasteiger partial charge in [0.15, 0.2) is 0 Å². The van der Waals surface area contributed by atoms with Crippen molar-refractivity contribution < 1.29 is 0 Å². The molecule has 2 N–H and O–H groups in total. The molecule has 1 aliphatic carbocycles. The Morgan fingerprint density at radius 1 is 1.29 bits per heavy atom. The highest BCUT2D eigenvalue weighted by Gasteiger charge is 2.20. The summed E-state index contributed by atoms with van der Waals surface area (Å²) in [4.78, 5) is 11.6. The summed E-state index contributed by atoms with van der Waals surface area (Å²) in [6.45, 7) is 0. The van der Waals surface area contributed by atoms with Gasteiger partial charge in [-0.15, -0.1) is 0 Å². The van der Waals surface area contributed by atoms with E-state index in [-0.39, 0.29) is 5.69 Å². The third-order valence-corrected chi connectivity index (χ3v) is 3.11. The van der Waals surface area contributed by atoms with Crippen LogP contribution < -0.4 is 11.4 Å². The smallest absolute Gasteiger partial charge is 0.328 e. The molecular formula is C10H17N3O. The summed E-state index contributed by atoms with van der Waals surface area (Å²) in [6.07, 6.45) is 7.83. The van der Waals surface area contributed by atoms with E-state index in [4.69, 9.17) is 5.73 Å². The second-order valence-electron chi connectivity index (χ2n) is 4.17. The fourth-order valence-corrected chi connectivity index (χ4v) is 2.14. The second-order valence-corrected chi connectivity index (χ2v) is 4.17. The molecule has 1 fully saturated rings. The molecule has 0 spiro atoms. The Labute approximate surface area is 83.3 Å². The zero-order valence-electron chi connectivity index (χ0n) is 8.52. The van der Waals surface area contributed by atoms with Crippen LogP contribution in [0, 0.1) is 0 Å². The van der Waals surface area contributed by atoms with Gasteiger partial charge >= 0.3 is 5.69 Å². The van der Waals surface area contributed by atoms with E-state index in [2.05, 4.69) is 0 Å². The second kappa shape index (κ2) is 3.61. The van der Waals surface area contributed by atoms with Gasteiger partial charge in [-0.1, -0.05) is 0 Å². The minimum Gasteiger partial charge on any atom is -0.328 e. The maximum atomic E-state index is 11.6. The number of imidazole rings is 1. The maximum absolute atomic E-state index is 11.6. The molecule has 1 aromatic rings. The molecule has 4 nitrogen and oxygen atoms in total. The molecule has 2 rings (SSSR count). The van der Waals surface area contributed by atoms with Gasteiger partial charge < -0.3 is 10.3 Å². The molecule has 0 aromatic carbocycles. The van der Waals surface area contributed by atoms with E-state index < -0.39 is 0 Å². The number of nitrogens with zero attached hydrogens (tertiary/aromatic N) is 2. The van der Waals surface area contributed by atoms with E-state index in [0.717, 1.165) is 25.7 Å². The summed E-state index contributed by atoms with van der Waals surface area (Å²) in [5.74, 6) is 0. The molecule has 14 heavy (non-hydrogen) atoms. The largest absolute Gasteiger partial charge is 0.328 e. The minimum absolute atomic E-state index is 0.0884. The fourth-order valence-electron chi connectivity index (χ4n) is 2.14. The van der Waals surface area contributed by atoms with E-state index >= 15 is 0 Å². The fraction of sp³-hybridized carbons (Fsp3) is 0.700. The SMILES string of the molecule is Cn1ccn(C2CCC(N)CC2)c1=O. The lowest BCUT2D eigenvalue weighted by Gasteiger charge is -2.26. The van der Waals surface area contributed by atoms with E-state index in [0.29, 0.717) is 12.1 Å². The zero-order chi connectivity index (χ0) is 10.1. The third kappa shape index (κ3) is 1.62. The topological polar surface area (TPSA) is 52.9 Å². The van der Waals surface area contributed by atoms with Crippen molar-refractivity contribution in [3.05, 3.63) is 22.9 Å². The van der Waals surface area contributed by atoms with E-state index in [9.17, 15) is 4.79 Å². The van der Waals surface area contributed by atoms with Gasteiger partial charge in [0.25, 0.3) is 0 Å². The van der Waals surface area contributed by atoms with Gasteiger partial charge in [-0.3, -0.25) is 4.57 Å². The Kier molecular flexibility index (Phi) is 2.46. The van der Waals surface area contributed by atoms with Crippen molar-refractivity contribution in [1.29, 1.82) is 0 Å². The Morgan fingerprint density at radius 2 is 1.93 bits per heavy atom. The highest BCUT2D eigenvalue weighted by molar-refractivity contribution is 4.87. The number of aryl methyl sites for hydroxylation is 1. The van der Waals surface area contributed by atoms with Crippen LogP contribution in [0.25, 0.3) is 0 Å². The first-order chi connectivity index (χ1) is 6.68. The molecule has 1 saturated carbocycles. The molecule has 0 amide bonds. The maximum Gasteiger partial charge on any atom is 0.328 e. The van der Waals surface area contributed by atoms with Crippen LogP contribution in [0.5, 0.6) is 0 Å². The highest BCUT2D eigenvalue weighted by atomic mass is 16.1. The Balaban J connectivity index is 2.16. The van der Waals surface area contributed by atoms with Crippen LogP contribution in [0.2, 0.25) is 0 Å². The van der Waals surface area contributed by atoms with Crippen LogP contribution in [0.3, 0.4) is 0 Å². The van der Waals surface area contributed by atoms with Crippen molar-refractivity contribution >= 4 is 0 Å². The van der Waals surface area contributed by atoms with Gasteiger partial charge in [0.1, 0.15) is 0 Å². The lowest BCUT2D eigenvalue weighted by molar-refractivity contribution is 0.317. The lowest BCUT2D eigenvalue weighted by Crippen LogP contribution is -2.32. The Hall–Kier alpha value is -1.03. The minimum atomic E-state index is 0.0884.